The van der Waals surface area contributed by atoms with Crippen molar-refractivity contribution in [2.45, 2.75) is 25.6 Å². The first-order valence-corrected chi connectivity index (χ1v) is 6.39. The number of urea groups is 1. The van der Waals surface area contributed by atoms with Gasteiger partial charge in [0, 0.05) is 12.7 Å². The van der Waals surface area contributed by atoms with Crippen LogP contribution in [0.5, 0.6) is 0 Å². The van der Waals surface area contributed by atoms with E-state index in [1.165, 1.54) is 31.9 Å². The number of amides is 2. The van der Waals surface area contributed by atoms with Crippen LogP contribution in [0.3, 0.4) is 0 Å². The maximum Gasteiger partial charge on any atom is 0.417 e. The van der Waals surface area contributed by atoms with Gasteiger partial charge in [0.2, 0.25) is 0 Å². The molecular weight excluding hydrogens is 309 g/mol. The molecular formula is C13H16ClF3N2O2. The number of carbonyl (C=O) groups excluding carboxylic acids is 1. The number of hydrogen-bond acceptors (Lipinski definition) is 2. The van der Waals surface area contributed by atoms with Crippen LogP contribution >= 0.6 is 11.6 Å². The molecule has 4 nitrogen and oxygen atoms in total. The molecule has 0 saturated carbocycles. The minimum absolute atomic E-state index is 0.0263. The van der Waals surface area contributed by atoms with Crippen molar-refractivity contribution in [3.8, 4) is 0 Å². The molecule has 0 unspecified atom stereocenters. The molecule has 0 aliphatic rings. The van der Waals surface area contributed by atoms with Crippen LogP contribution in [0.1, 0.15) is 19.4 Å². The van der Waals surface area contributed by atoms with E-state index in [9.17, 15) is 23.1 Å². The van der Waals surface area contributed by atoms with Crippen molar-refractivity contribution in [2.24, 2.45) is 0 Å². The highest BCUT2D eigenvalue weighted by molar-refractivity contribution is 6.31. The second-order valence-corrected chi connectivity index (χ2v) is 5.70. The molecule has 0 radical (unpaired) electrons. The number of likely N-dealkylation sites (N-methyl/N-ethyl adjacent to an activating group) is 1. The first-order valence-electron chi connectivity index (χ1n) is 6.01. The normalized spacial score (nSPS) is 12.2. The molecule has 118 valence electrons. The maximum atomic E-state index is 12.7. The number of nitrogens with one attached hydrogen (secondary N) is 1. The molecule has 0 heterocycles. The number of carbonyl (C=O) groups is 1. The minimum atomic E-state index is -4.60. The summed E-state index contributed by atoms with van der Waals surface area (Å²) < 4.78 is 38.1. The van der Waals surface area contributed by atoms with Crippen molar-refractivity contribution in [3.05, 3.63) is 28.8 Å². The molecule has 0 atom stereocenters. The first-order chi connectivity index (χ1) is 9.40. The van der Waals surface area contributed by atoms with E-state index in [0.29, 0.717) is 0 Å². The third kappa shape index (κ3) is 5.43. The number of hydrogen-bond donors (Lipinski definition) is 2. The van der Waals surface area contributed by atoms with Gasteiger partial charge in [-0.1, -0.05) is 11.6 Å². The van der Waals surface area contributed by atoms with Crippen molar-refractivity contribution in [3.63, 3.8) is 0 Å². The van der Waals surface area contributed by atoms with Crippen LogP contribution in [0.25, 0.3) is 0 Å². The molecule has 8 heteroatoms. The number of benzene rings is 1. The number of halogens is 4. The van der Waals surface area contributed by atoms with E-state index in [1.54, 1.807) is 0 Å². The van der Waals surface area contributed by atoms with Crippen molar-refractivity contribution in [1.29, 1.82) is 0 Å². The number of anilines is 1. The largest absolute Gasteiger partial charge is 0.417 e. The molecule has 21 heavy (non-hydrogen) atoms. The third-order valence-electron chi connectivity index (χ3n) is 2.49. The molecule has 2 amide bonds. The van der Waals surface area contributed by atoms with Crippen LogP contribution in [-0.4, -0.2) is 35.2 Å². The van der Waals surface area contributed by atoms with Crippen LogP contribution in [-0.2, 0) is 6.18 Å². The molecule has 0 saturated heterocycles. The summed E-state index contributed by atoms with van der Waals surface area (Å²) in [5, 5.41) is 11.5. The van der Waals surface area contributed by atoms with E-state index in [1.807, 2.05) is 0 Å². The number of rotatable bonds is 3. The summed E-state index contributed by atoms with van der Waals surface area (Å²) in [6, 6.07) is 2.47. The Bertz CT molecular complexity index is 527. The molecule has 0 aromatic heterocycles. The molecule has 0 aliphatic heterocycles. The van der Waals surface area contributed by atoms with Crippen LogP contribution in [0.4, 0.5) is 23.7 Å². The molecule has 1 aromatic carbocycles. The van der Waals surface area contributed by atoms with Crippen molar-refractivity contribution in [1.82, 2.24) is 4.90 Å². The number of aliphatic hydroxyl groups is 1. The topological polar surface area (TPSA) is 52.6 Å². The van der Waals surface area contributed by atoms with Crippen molar-refractivity contribution < 1.29 is 23.1 Å². The Balaban J connectivity index is 2.87. The quantitative estimate of drug-likeness (QED) is 0.892. The van der Waals surface area contributed by atoms with Gasteiger partial charge in [-0.3, -0.25) is 0 Å². The zero-order chi connectivity index (χ0) is 16.4. The second-order valence-electron chi connectivity index (χ2n) is 5.29. The van der Waals surface area contributed by atoms with Gasteiger partial charge in [0.25, 0.3) is 0 Å². The Hall–Kier alpha value is -1.47. The van der Waals surface area contributed by atoms with Gasteiger partial charge in [0.05, 0.1) is 22.7 Å². The van der Waals surface area contributed by atoms with E-state index in [0.717, 1.165) is 12.1 Å². The van der Waals surface area contributed by atoms with E-state index in [2.05, 4.69) is 5.32 Å². The Labute approximate surface area is 125 Å². The molecule has 2 N–H and O–H groups in total. The Morgan fingerprint density at radius 1 is 1.38 bits per heavy atom. The van der Waals surface area contributed by atoms with Crippen LogP contribution in [0.2, 0.25) is 5.02 Å². The average molecular weight is 325 g/mol. The molecule has 1 rings (SSSR count). The van der Waals surface area contributed by atoms with E-state index in [4.69, 9.17) is 11.6 Å². The van der Waals surface area contributed by atoms with Crippen molar-refractivity contribution >= 4 is 23.3 Å². The molecule has 1 aromatic rings. The lowest BCUT2D eigenvalue weighted by atomic mass is 10.1. The zero-order valence-electron chi connectivity index (χ0n) is 11.8. The van der Waals surface area contributed by atoms with E-state index in [-0.39, 0.29) is 12.2 Å². The van der Waals surface area contributed by atoms with Gasteiger partial charge in [-0.2, -0.15) is 13.2 Å². The standard InChI is InChI=1S/C13H16ClF3N2O2/c1-12(2,21)7-19(3)11(20)18-8-4-5-10(14)9(6-8)13(15,16)17/h4-6,21H,7H2,1-3H3,(H,18,20). The highest BCUT2D eigenvalue weighted by Gasteiger charge is 2.33. The lowest BCUT2D eigenvalue weighted by Crippen LogP contribution is -2.41. The van der Waals surface area contributed by atoms with E-state index >= 15 is 0 Å². The highest BCUT2D eigenvalue weighted by atomic mass is 35.5. The van der Waals surface area contributed by atoms with Gasteiger partial charge in [-0.05, 0) is 32.0 Å². The van der Waals surface area contributed by atoms with Gasteiger partial charge in [0.15, 0.2) is 0 Å². The number of alkyl halides is 3. The summed E-state index contributed by atoms with van der Waals surface area (Å²) >= 11 is 5.49. The Kier molecular flexibility index (Phi) is 5.11. The first kappa shape index (κ1) is 17.6. The van der Waals surface area contributed by atoms with Gasteiger partial charge in [-0.15, -0.1) is 0 Å². The SMILES string of the molecule is CN(CC(C)(C)O)C(=O)Nc1ccc(Cl)c(C(F)(F)F)c1. The van der Waals surface area contributed by atoms with Gasteiger partial charge < -0.3 is 15.3 Å². The fourth-order valence-electron chi connectivity index (χ4n) is 1.69. The molecule has 0 aliphatic carbocycles. The molecule has 0 fully saturated rings. The summed E-state index contributed by atoms with van der Waals surface area (Å²) in [6.07, 6.45) is -4.60. The summed E-state index contributed by atoms with van der Waals surface area (Å²) in [4.78, 5) is 13.0. The predicted molar refractivity (Wildman–Crippen MR) is 74.4 cm³/mol. The fraction of sp³-hybridized carbons (Fsp3) is 0.462. The summed E-state index contributed by atoms with van der Waals surface area (Å²) in [7, 11) is 1.42. The fourth-order valence-corrected chi connectivity index (χ4v) is 1.92. The van der Waals surface area contributed by atoms with Gasteiger partial charge in [-0.25, -0.2) is 4.79 Å². The van der Waals surface area contributed by atoms with Gasteiger partial charge in [0.1, 0.15) is 0 Å². The molecule has 0 spiro atoms. The van der Waals surface area contributed by atoms with Gasteiger partial charge >= 0.3 is 12.2 Å². The summed E-state index contributed by atoms with van der Waals surface area (Å²) in [6.45, 7) is 3.06. The zero-order valence-corrected chi connectivity index (χ0v) is 12.5. The predicted octanol–water partition coefficient (Wildman–Crippen LogP) is 3.59. The second kappa shape index (κ2) is 6.11. The monoisotopic (exact) mass is 324 g/mol. The summed E-state index contributed by atoms with van der Waals surface area (Å²) in [5.74, 6) is 0. The highest BCUT2D eigenvalue weighted by Crippen LogP contribution is 2.36. The van der Waals surface area contributed by atoms with Crippen LogP contribution in [0.15, 0.2) is 18.2 Å². The summed E-state index contributed by atoms with van der Waals surface area (Å²) in [5.41, 5.74) is -2.16. The van der Waals surface area contributed by atoms with Crippen LogP contribution in [0, 0.1) is 0 Å². The Morgan fingerprint density at radius 2 is 1.95 bits per heavy atom. The smallest absolute Gasteiger partial charge is 0.389 e. The number of nitrogens with zero attached hydrogens (tertiary/aromatic N) is 1. The lowest BCUT2D eigenvalue weighted by molar-refractivity contribution is -0.137. The van der Waals surface area contributed by atoms with E-state index < -0.39 is 28.4 Å². The Morgan fingerprint density at radius 3 is 2.43 bits per heavy atom. The van der Waals surface area contributed by atoms with Crippen LogP contribution < -0.4 is 5.32 Å². The lowest BCUT2D eigenvalue weighted by Gasteiger charge is -2.25. The average Bonchev–Trinajstić information content (AvgIpc) is 2.27. The minimum Gasteiger partial charge on any atom is -0.389 e. The van der Waals surface area contributed by atoms with Crippen molar-refractivity contribution in [2.75, 3.05) is 18.9 Å². The maximum absolute atomic E-state index is 12.7. The third-order valence-corrected chi connectivity index (χ3v) is 2.82. The molecule has 0 bridgehead atoms.